The van der Waals surface area contributed by atoms with Gasteiger partial charge in [-0.05, 0) is 32.4 Å². The Kier molecular flexibility index (Phi) is 5.02. The Hall–Kier alpha value is -2.25. The zero-order valence-electron chi connectivity index (χ0n) is 14.1. The highest BCUT2D eigenvalue weighted by Gasteiger charge is 2.45. The molecule has 2 rings (SSSR count). The number of alkyl halides is 3. The lowest BCUT2D eigenvalue weighted by Crippen LogP contribution is -2.35. The second-order valence-electron chi connectivity index (χ2n) is 7.02. The molecule has 0 radical (unpaired) electrons. The monoisotopic (exact) mass is 359 g/mol. The van der Waals surface area contributed by atoms with E-state index in [9.17, 15) is 27.9 Å². The zero-order chi connectivity index (χ0) is 19.0. The van der Waals surface area contributed by atoms with Crippen molar-refractivity contribution in [2.45, 2.75) is 38.5 Å². The summed E-state index contributed by atoms with van der Waals surface area (Å²) in [5, 5.41) is 9.41. The van der Waals surface area contributed by atoms with E-state index in [0.29, 0.717) is 0 Å². The molecule has 25 heavy (non-hydrogen) atoms. The summed E-state index contributed by atoms with van der Waals surface area (Å²) in [6.45, 7) is 4.64. The molecular formula is C17H20F3NO4. The molecule has 0 spiro atoms. The predicted molar refractivity (Wildman–Crippen MR) is 83.1 cm³/mol. The number of hydrogen-bond donors (Lipinski definition) is 1. The number of carboxylic acid groups (broad SMARTS) is 1. The van der Waals surface area contributed by atoms with Crippen molar-refractivity contribution in [3.05, 3.63) is 35.4 Å². The third-order valence-electron chi connectivity index (χ3n) is 3.95. The van der Waals surface area contributed by atoms with Crippen LogP contribution in [-0.2, 0) is 15.7 Å². The molecule has 5 nitrogen and oxygen atoms in total. The van der Waals surface area contributed by atoms with Gasteiger partial charge < -0.3 is 14.7 Å². The van der Waals surface area contributed by atoms with Gasteiger partial charge in [-0.1, -0.05) is 18.2 Å². The van der Waals surface area contributed by atoms with Gasteiger partial charge in [-0.2, -0.15) is 13.2 Å². The van der Waals surface area contributed by atoms with Gasteiger partial charge >= 0.3 is 18.2 Å². The maximum Gasteiger partial charge on any atom is 0.416 e. The normalized spacial score (nSPS) is 21.3. The molecule has 1 fully saturated rings. The van der Waals surface area contributed by atoms with Crippen molar-refractivity contribution < 1.29 is 32.6 Å². The third-order valence-corrected chi connectivity index (χ3v) is 3.95. The summed E-state index contributed by atoms with van der Waals surface area (Å²) in [6.07, 6.45) is -5.33. The fraction of sp³-hybridized carbons (Fsp3) is 0.529. The van der Waals surface area contributed by atoms with Crippen LogP contribution in [0.15, 0.2) is 24.3 Å². The van der Waals surface area contributed by atoms with Gasteiger partial charge in [0.2, 0.25) is 0 Å². The standard InChI is InChI=1S/C17H20F3NO4/c1-16(2,3)25-15(24)21-8-11(12(9-21)14(22)23)10-6-4-5-7-13(10)17(18,19)20/h4-7,11-12H,8-9H2,1-3H3,(H,22,23)/t11-,12+/m1/s1. The van der Waals surface area contributed by atoms with E-state index in [4.69, 9.17) is 4.74 Å². The van der Waals surface area contributed by atoms with E-state index in [-0.39, 0.29) is 18.7 Å². The summed E-state index contributed by atoms with van der Waals surface area (Å²) in [4.78, 5) is 24.9. The minimum absolute atomic E-state index is 0.117. The smallest absolute Gasteiger partial charge is 0.416 e. The van der Waals surface area contributed by atoms with Crippen molar-refractivity contribution in [2.75, 3.05) is 13.1 Å². The first-order chi connectivity index (χ1) is 11.4. The number of halogens is 3. The molecule has 1 amide bonds. The SMILES string of the molecule is CC(C)(C)OC(=O)N1C[C@H](C(=O)O)[C@@H](c2ccccc2C(F)(F)F)C1. The Bertz CT molecular complexity index is 667. The minimum atomic E-state index is -4.60. The van der Waals surface area contributed by atoms with Gasteiger partial charge in [-0.15, -0.1) is 0 Å². The fourth-order valence-electron chi connectivity index (χ4n) is 2.92. The van der Waals surface area contributed by atoms with Gasteiger partial charge in [0.1, 0.15) is 5.60 Å². The van der Waals surface area contributed by atoms with E-state index < -0.39 is 41.2 Å². The van der Waals surface area contributed by atoms with E-state index in [0.717, 1.165) is 11.0 Å². The van der Waals surface area contributed by atoms with Crippen molar-refractivity contribution in [2.24, 2.45) is 5.92 Å². The number of carbonyl (C=O) groups is 2. The highest BCUT2D eigenvalue weighted by molar-refractivity contribution is 5.76. The van der Waals surface area contributed by atoms with Crippen LogP contribution >= 0.6 is 0 Å². The molecule has 8 heteroatoms. The van der Waals surface area contributed by atoms with Crippen LogP contribution in [0.25, 0.3) is 0 Å². The maximum atomic E-state index is 13.3. The van der Waals surface area contributed by atoms with Crippen LogP contribution in [0.2, 0.25) is 0 Å². The molecule has 1 saturated heterocycles. The third kappa shape index (κ3) is 4.43. The number of rotatable bonds is 2. The first-order valence-corrected chi connectivity index (χ1v) is 7.77. The highest BCUT2D eigenvalue weighted by Crippen LogP contribution is 2.41. The lowest BCUT2D eigenvalue weighted by molar-refractivity contribution is -0.143. The van der Waals surface area contributed by atoms with Gasteiger partial charge in [0, 0.05) is 19.0 Å². The predicted octanol–water partition coefficient (Wildman–Crippen LogP) is 3.74. The van der Waals surface area contributed by atoms with Crippen LogP contribution in [0.1, 0.15) is 37.8 Å². The number of amides is 1. The quantitative estimate of drug-likeness (QED) is 0.874. The lowest BCUT2D eigenvalue weighted by atomic mass is 9.86. The van der Waals surface area contributed by atoms with Gasteiger partial charge in [-0.25, -0.2) is 4.79 Å². The van der Waals surface area contributed by atoms with Crippen LogP contribution in [0.3, 0.4) is 0 Å². The summed E-state index contributed by atoms with van der Waals surface area (Å²) in [5.41, 5.74) is -1.77. The Balaban J connectivity index is 2.34. The van der Waals surface area contributed by atoms with E-state index in [2.05, 4.69) is 0 Å². The molecule has 0 unspecified atom stereocenters. The zero-order valence-corrected chi connectivity index (χ0v) is 14.1. The second kappa shape index (κ2) is 6.57. The molecular weight excluding hydrogens is 339 g/mol. The molecule has 1 aromatic carbocycles. The largest absolute Gasteiger partial charge is 0.481 e. The number of ether oxygens (including phenoxy) is 1. The molecule has 0 aromatic heterocycles. The summed E-state index contributed by atoms with van der Waals surface area (Å²) >= 11 is 0. The summed E-state index contributed by atoms with van der Waals surface area (Å²) in [5.74, 6) is -3.33. The Morgan fingerprint density at radius 3 is 2.28 bits per heavy atom. The molecule has 1 aliphatic rings. The molecule has 1 heterocycles. The van der Waals surface area contributed by atoms with Crippen LogP contribution < -0.4 is 0 Å². The second-order valence-corrected chi connectivity index (χ2v) is 7.02. The first kappa shape index (κ1) is 19.1. The highest BCUT2D eigenvalue weighted by atomic mass is 19.4. The van der Waals surface area contributed by atoms with Crippen LogP contribution in [0, 0.1) is 5.92 Å². The number of benzene rings is 1. The number of aliphatic carboxylic acids is 1. The fourth-order valence-corrected chi connectivity index (χ4v) is 2.92. The Morgan fingerprint density at radius 2 is 1.76 bits per heavy atom. The average Bonchev–Trinajstić information content (AvgIpc) is 2.90. The minimum Gasteiger partial charge on any atom is -0.481 e. The van der Waals surface area contributed by atoms with E-state index in [1.165, 1.54) is 18.2 Å². The van der Waals surface area contributed by atoms with Crippen molar-refractivity contribution in [1.82, 2.24) is 4.90 Å². The van der Waals surface area contributed by atoms with Crippen LogP contribution in [0.4, 0.5) is 18.0 Å². The van der Waals surface area contributed by atoms with Gasteiger partial charge in [0.25, 0.3) is 0 Å². The average molecular weight is 359 g/mol. The molecule has 0 aliphatic carbocycles. The van der Waals surface area contributed by atoms with Crippen LogP contribution in [0.5, 0.6) is 0 Å². The summed E-state index contributed by atoms with van der Waals surface area (Å²) < 4.78 is 45.0. The van der Waals surface area contributed by atoms with Crippen molar-refractivity contribution in [3.8, 4) is 0 Å². The van der Waals surface area contributed by atoms with Crippen molar-refractivity contribution in [1.29, 1.82) is 0 Å². The first-order valence-electron chi connectivity index (χ1n) is 7.77. The molecule has 1 aromatic rings. The molecule has 0 bridgehead atoms. The van der Waals surface area contributed by atoms with Gasteiger partial charge in [-0.3, -0.25) is 4.79 Å². The number of nitrogens with zero attached hydrogens (tertiary/aromatic N) is 1. The summed E-state index contributed by atoms with van der Waals surface area (Å²) in [7, 11) is 0. The van der Waals surface area contributed by atoms with E-state index >= 15 is 0 Å². The molecule has 2 atom stereocenters. The van der Waals surface area contributed by atoms with E-state index in [1.807, 2.05) is 0 Å². The number of carbonyl (C=O) groups excluding carboxylic acids is 1. The van der Waals surface area contributed by atoms with Crippen LogP contribution in [-0.4, -0.2) is 40.8 Å². The number of carboxylic acids is 1. The molecule has 138 valence electrons. The number of likely N-dealkylation sites (tertiary alicyclic amines) is 1. The molecule has 1 N–H and O–H groups in total. The van der Waals surface area contributed by atoms with Gasteiger partial charge in [0.15, 0.2) is 0 Å². The molecule has 1 aliphatic heterocycles. The summed E-state index contributed by atoms with van der Waals surface area (Å²) in [6, 6.07) is 4.87. The van der Waals surface area contributed by atoms with Gasteiger partial charge in [0.05, 0.1) is 11.5 Å². The van der Waals surface area contributed by atoms with E-state index in [1.54, 1.807) is 20.8 Å². The topological polar surface area (TPSA) is 66.8 Å². The molecule has 0 saturated carbocycles. The lowest BCUT2D eigenvalue weighted by Gasteiger charge is -2.24. The van der Waals surface area contributed by atoms with Crippen molar-refractivity contribution >= 4 is 12.1 Å². The maximum absolute atomic E-state index is 13.3. The Morgan fingerprint density at radius 1 is 1.16 bits per heavy atom. The Labute approximate surface area is 143 Å². The van der Waals surface area contributed by atoms with Crippen molar-refractivity contribution in [3.63, 3.8) is 0 Å². The number of hydrogen-bond acceptors (Lipinski definition) is 3.